The van der Waals surface area contributed by atoms with Gasteiger partial charge in [-0.15, -0.1) is 0 Å². The lowest BCUT2D eigenvalue weighted by Crippen LogP contribution is -2.48. The number of rotatable bonds is 3. The van der Waals surface area contributed by atoms with Crippen LogP contribution in [-0.4, -0.2) is 37.9 Å². The minimum Gasteiger partial charge on any atom is -0.383 e. The van der Waals surface area contributed by atoms with Gasteiger partial charge in [-0.05, 0) is 17.5 Å². The third kappa shape index (κ3) is 2.10. The summed E-state index contributed by atoms with van der Waals surface area (Å²) in [6.07, 6.45) is 2.66. The number of benzene rings is 1. The number of nitrogens with zero attached hydrogens (tertiary/aromatic N) is 1. The molecule has 2 unspecified atom stereocenters. The van der Waals surface area contributed by atoms with Gasteiger partial charge in [0.25, 0.3) is 0 Å². The SMILES string of the molecule is COCCN1CCC2OC1Cc1ccccc12. The molecule has 1 aromatic carbocycles. The molecule has 0 aromatic heterocycles. The van der Waals surface area contributed by atoms with Gasteiger partial charge in [-0.1, -0.05) is 24.3 Å². The van der Waals surface area contributed by atoms with Crippen LogP contribution in [0.15, 0.2) is 24.3 Å². The average molecular weight is 233 g/mol. The Morgan fingerprint density at radius 2 is 2.29 bits per heavy atom. The molecule has 0 N–H and O–H groups in total. The van der Waals surface area contributed by atoms with Gasteiger partial charge >= 0.3 is 0 Å². The molecule has 3 nitrogen and oxygen atoms in total. The molecular weight excluding hydrogens is 214 g/mol. The van der Waals surface area contributed by atoms with Gasteiger partial charge in [-0.3, -0.25) is 4.90 Å². The van der Waals surface area contributed by atoms with Crippen LogP contribution in [-0.2, 0) is 15.9 Å². The second kappa shape index (κ2) is 4.77. The van der Waals surface area contributed by atoms with Crippen molar-refractivity contribution in [3.05, 3.63) is 35.4 Å². The lowest BCUT2D eigenvalue weighted by atomic mass is 9.92. The normalized spacial score (nSPS) is 27.8. The van der Waals surface area contributed by atoms with E-state index in [1.165, 1.54) is 11.1 Å². The summed E-state index contributed by atoms with van der Waals surface area (Å²) < 4.78 is 11.3. The van der Waals surface area contributed by atoms with Gasteiger partial charge in [0, 0.05) is 26.6 Å². The summed E-state index contributed by atoms with van der Waals surface area (Å²) in [6.45, 7) is 2.87. The van der Waals surface area contributed by atoms with Gasteiger partial charge in [-0.25, -0.2) is 0 Å². The maximum atomic E-state index is 6.13. The van der Waals surface area contributed by atoms with Crippen LogP contribution in [0.25, 0.3) is 0 Å². The molecule has 3 rings (SSSR count). The second-order valence-electron chi connectivity index (χ2n) is 4.80. The third-order valence-corrected chi connectivity index (χ3v) is 3.79. The van der Waals surface area contributed by atoms with E-state index in [1.54, 1.807) is 7.11 Å². The van der Waals surface area contributed by atoms with Crippen LogP contribution < -0.4 is 0 Å². The fourth-order valence-electron chi connectivity index (χ4n) is 2.86. The molecule has 2 bridgehead atoms. The van der Waals surface area contributed by atoms with Gasteiger partial charge in [0.1, 0.15) is 6.23 Å². The quantitative estimate of drug-likeness (QED) is 0.797. The van der Waals surface area contributed by atoms with E-state index < -0.39 is 0 Å². The topological polar surface area (TPSA) is 21.7 Å². The van der Waals surface area contributed by atoms with Crippen molar-refractivity contribution >= 4 is 0 Å². The van der Waals surface area contributed by atoms with Crippen molar-refractivity contribution in [3.63, 3.8) is 0 Å². The number of fused-ring (bicyclic) bond motifs is 4. The molecule has 17 heavy (non-hydrogen) atoms. The number of methoxy groups -OCH3 is 1. The first-order valence-corrected chi connectivity index (χ1v) is 6.35. The molecule has 2 aliphatic rings. The molecule has 92 valence electrons. The average Bonchev–Trinajstić information content (AvgIpc) is 2.38. The van der Waals surface area contributed by atoms with Crippen molar-refractivity contribution in [2.24, 2.45) is 0 Å². The highest BCUT2D eigenvalue weighted by Gasteiger charge is 2.35. The monoisotopic (exact) mass is 233 g/mol. The van der Waals surface area contributed by atoms with Crippen LogP contribution in [0.4, 0.5) is 0 Å². The standard InChI is InChI=1S/C14H19NO2/c1-16-9-8-15-7-6-13-12-5-3-2-4-11(12)10-14(15)17-13/h2-5,13-14H,6-10H2,1H3. The fourth-order valence-corrected chi connectivity index (χ4v) is 2.86. The van der Waals surface area contributed by atoms with Gasteiger partial charge in [-0.2, -0.15) is 0 Å². The van der Waals surface area contributed by atoms with E-state index in [4.69, 9.17) is 9.47 Å². The van der Waals surface area contributed by atoms with Gasteiger partial charge in [0.2, 0.25) is 0 Å². The van der Waals surface area contributed by atoms with E-state index in [-0.39, 0.29) is 6.23 Å². The van der Waals surface area contributed by atoms with Crippen molar-refractivity contribution in [2.75, 3.05) is 26.8 Å². The molecule has 2 atom stereocenters. The first-order valence-electron chi connectivity index (χ1n) is 6.35. The van der Waals surface area contributed by atoms with E-state index in [2.05, 4.69) is 29.2 Å². The Labute approximate surface area is 102 Å². The Balaban J connectivity index is 1.78. The Kier molecular flexibility index (Phi) is 3.14. The summed E-state index contributed by atoms with van der Waals surface area (Å²) in [5.74, 6) is 0. The van der Waals surface area contributed by atoms with Crippen molar-refractivity contribution < 1.29 is 9.47 Å². The van der Waals surface area contributed by atoms with Crippen LogP contribution in [0, 0.1) is 0 Å². The van der Waals surface area contributed by atoms with Gasteiger partial charge < -0.3 is 9.47 Å². The molecule has 0 aliphatic carbocycles. The van der Waals surface area contributed by atoms with E-state index in [9.17, 15) is 0 Å². The van der Waals surface area contributed by atoms with Crippen molar-refractivity contribution in [1.29, 1.82) is 0 Å². The smallest absolute Gasteiger partial charge is 0.115 e. The minimum atomic E-state index is 0.249. The summed E-state index contributed by atoms with van der Waals surface area (Å²) in [6, 6.07) is 8.68. The first kappa shape index (κ1) is 11.2. The molecule has 0 spiro atoms. The van der Waals surface area contributed by atoms with Gasteiger partial charge in [0.05, 0.1) is 12.7 Å². The molecule has 1 fully saturated rings. The zero-order valence-corrected chi connectivity index (χ0v) is 10.3. The van der Waals surface area contributed by atoms with Crippen LogP contribution in [0.3, 0.4) is 0 Å². The van der Waals surface area contributed by atoms with Gasteiger partial charge in [0.15, 0.2) is 0 Å². The van der Waals surface area contributed by atoms with Crippen LogP contribution in [0.1, 0.15) is 23.7 Å². The molecule has 2 heterocycles. The van der Waals surface area contributed by atoms with Crippen molar-refractivity contribution in [1.82, 2.24) is 4.90 Å². The van der Waals surface area contributed by atoms with E-state index in [0.717, 1.165) is 32.5 Å². The van der Waals surface area contributed by atoms with Crippen LogP contribution in [0.5, 0.6) is 0 Å². The zero-order chi connectivity index (χ0) is 11.7. The first-order chi connectivity index (χ1) is 8.38. The maximum absolute atomic E-state index is 6.13. The Hall–Kier alpha value is -0.900. The molecule has 0 amide bonds. The summed E-state index contributed by atoms with van der Waals surface area (Å²) in [5.41, 5.74) is 2.85. The summed E-state index contributed by atoms with van der Waals surface area (Å²) in [4.78, 5) is 2.40. The molecule has 0 saturated carbocycles. The molecule has 0 radical (unpaired) electrons. The second-order valence-corrected chi connectivity index (χ2v) is 4.80. The molecule has 3 heteroatoms. The third-order valence-electron chi connectivity index (χ3n) is 3.79. The van der Waals surface area contributed by atoms with Crippen LogP contribution in [0.2, 0.25) is 0 Å². The highest BCUT2D eigenvalue weighted by atomic mass is 16.5. The summed E-state index contributed by atoms with van der Waals surface area (Å²) >= 11 is 0. The maximum Gasteiger partial charge on any atom is 0.115 e. The number of ether oxygens (including phenoxy) is 2. The van der Waals surface area contributed by atoms with Crippen molar-refractivity contribution in [3.8, 4) is 0 Å². The summed E-state index contributed by atoms with van der Waals surface area (Å²) in [5, 5.41) is 0. The predicted molar refractivity (Wildman–Crippen MR) is 65.8 cm³/mol. The van der Waals surface area contributed by atoms with E-state index >= 15 is 0 Å². The number of hydrogen-bond donors (Lipinski definition) is 0. The molecule has 2 aliphatic heterocycles. The van der Waals surface area contributed by atoms with E-state index in [1.807, 2.05) is 0 Å². The van der Waals surface area contributed by atoms with Crippen molar-refractivity contribution in [2.45, 2.75) is 25.2 Å². The Morgan fingerprint density at radius 3 is 3.18 bits per heavy atom. The largest absolute Gasteiger partial charge is 0.383 e. The molecule has 1 saturated heterocycles. The lowest BCUT2D eigenvalue weighted by molar-refractivity contribution is -0.153. The predicted octanol–water partition coefficient (Wildman–Crippen LogP) is 1.98. The highest BCUT2D eigenvalue weighted by molar-refractivity contribution is 5.32. The highest BCUT2D eigenvalue weighted by Crippen LogP contribution is 2.37. The zero-order valence-electron chi connectivity index (χ0n) is 10.3. The fraction of sp³-hybridized carbons (Fsp3) is 0.571. The Morgan fingerprint density at radius 1 is 1.41 bits per heavy atom. The molecular formula is C14H19NO2. The van der Waals surface area contributed by atoms with Crippen LogP contribution >= 0.6 is 0 Å². The lowest BCUT2D eigenvalue weighted by Gasteiger charge is -2.43. The number of hydrogen-bond acceptors (Lipinski definition) is 3. The van der Waals surface area contributed by atoms with E-state index in [0.29, 0.717) is 6.10 Å². The minimum absolute atomic E-state index is 0.249. The summed E-state index contributed by atoms with van der Waals surface area (Å²) in [7, 11) is 1.75. The Bertz CT molecular complexity index is 394. The molecule has 1 aromatic rings.